The summed E-state index contributed by atoms with van der Waals surface area (Å²) < 4.78 is 5.45. The van der Waals surface area contributed by atoms with Gasteiger partial charge in [-0.05, 0) is 25.0 Å². The Morgan fingerprint density at radius 3 is 2.67 bits per heavy atom. The lowest BCUT2D eigenvalue weighted by molar-refractivity contribution is -0.140. The summed E-state index contributed by atoms with van der Waals surface area (Å²) >= 11 is 0. The molecule has 110 valence electrons. The van der Waals surface area contributed by atoms with Crippen LogP contribution in [-0.4, -0.2) is 24.0 Å². The minimum Gasteiger partial charge on any atom is -0.456 e. The van der Waals surface area contributed by atoms with Crippen LogP contribution in [0.5, 0.6) is 0 Å². The number of carbonyl (C=O) groups excluding carboxylic acids is 2. The van der Waals surface area contributed by atoms with E-state index in [0.29, 0.717) is 11.1 Å². The Bertz CT molecular complexity index is 567. The second kappa shape index (κ2) is 5.72. The van der Waals surface area contributed by atoms with Gasteiger partial charge in [0.2, 0.25) is 0 Å². The molecule has 1 saturated carbocycles. The van der Waals surface area contributed by atoms with Crippen LogP contribution in [0.3, 0.4) is 0 Å². The number of benzene rings is 1. The fourth-order valence-electron chi connectivity index (χ4n) is 3.22. The van der Waals surface area contributed by atoms with Crippen LogP contribution in [0.4, 0.5) is 0 Å². The maximum absolute atomic E-state index is 12.3. The Labute approximate surface area is 124 Å². The second-order valence-electron chi connectivity index (χ2n) is 5.73. The molecule has 3 rings (SSSR count). The maximum atomic E-state index is 12.3. The summed E-state index contributed by atoms with van der Waals surface area (Å²) in [6.07, 6.45) is 3.54. The summed E-state index contributed by atoms with van der Waals surface area (Å²) in [5.41, 5.74) is 1.18. The van der Waals surface area contributed by atoms with Gasteiger partial charge in [-0.15, -0.1) is 0 Å². The van der Waals surface area contributed by atoms with E-state index in [1.54, 1.807) is 12.1 Å². The molecule has 0 aromatic heterocycles. The number of esters is 1. The van der Waals surface area contributed by atoms with Crippen molar-refractivity contribution in [3.05, 3.63) is 48.0 Å². The second-order valence-corrected chi connectivity index (χ2v) is 5.73. The predicted octanol–water partition coefficient (Wildman–Crippen LogP) is 2.46. The van der Waals surface area contributed by atoms with E-state index in [0.717, 1.165) is 25.7 Å². The number of hydrogen-bond acceptors (Lipinski definition) is 3. The summed E-state index contributed by atoms with van der Waals surface area (Å²) in [5.74, 6) is -0.387. The highest BCUT2D eigenvalue weighted by Gasteiger charge is 2.44. The number of amides is 1. The Morgan fingerprint density at radius 2 is 1.90 bits per heavy atom. The molecule has 1 aromatic carbocycles. The topological polar surface area (TPSA) is 55.4 Å². The minimum absolute atomic E-state index is 0.0427. The van der Waals surface area contributed by atoms with E-state index >= 15 is 0 Å². The van der Waals surface area contributed by atoms with E-state index in [1.165, 1.54) is 0 Å². The highest BCUT2D eigenvalue weighted by Crippen LogP contribution is 2.36. The number of rotatable bonds is 2. The number of ether oxygens (including phenoxy) is 1. The maximum Gasteiger partial charge on any atom is 0.334 e. The van der Waals surface area contributed by atoms with Crippen molar-refractivity contribution >= 4 is 11.9 Å². The average Bonchev–Trinajstić information content (AvgIpc) is 2.67. The van der Waals surface area contributed by atoms with Gasteiger partial charge in [0, 0.05) is 17.1 Å². The number of carbonyl (C=O) groups is 2. The third-order valence-electron chi connectivity index (χ3n) is 4.38. The van der Waals surface area contributed by atoms with E-state index < -0.39 is 0 Å². The molecule has 4 heteroatoms. The summed E-state index contributed by atoms with van der Waals surface area (Å²) in [7, 11) is 0. The van der Waals surface area contributed by atoms with Crippen LogP contribution in [0.2, 0.25) is 0 Å². The van der Waals surface area contributed by atoms with Crippen molar-refractivity contribution in [2.24, 2.45) is 5.92 Å². The molecule has 2 aliphatic rings. The molecule has 0 spiro atoms. The van der Waals surface area contributed by atoms with Gasteiger partial charge in [0.05, 0.1) is 6.04 Å². The van der Waals surface area contributed by atoms with E-state index in [1.807, 2.05) is 18.2 Å². The van der Waals surface area contributed by atoms with E-state index in [2.05, 4.69) is 11.9 Å². The zero-order valence-electron chi connectivity index (χ0n) is 11.9. The van der Waals surface area contributed by atoms with Crippen LogP contribution in [0.15, 0.2) is 42.5 Å². The van der Waals surface area contributed by atoms with Gasteiger partial charge in [0.25, 0.3) is 5.91 Å². The molecule has 0 bridgehead atoms. The van der Waals surface area contributed by atoms with Crippen LogP contribution < -0.4 is 5.32 Å². The van der Waals surface area contributed by atoms with Gasteiger partial charge in [-0.1, -0.05) is 37.6 Å². The molecule has 4 nitrogen and oxygen atoms in total. The number of fused-ring (bicyclic) bond motifs is 1. The highest BCUT2D eigenvalue weighted by atomic mass is 16.6. The van der Waals surface area contributed by atoms with Gasteiger partial charge in [0.1, 0.15) is 6.10 Å². The van der Waals surface area contributed by atoms with Crippen LogP contribution in [-0.2, 0) is 9.53 Å². The Balaban J connectivity index is 1.76. The third kappa shape index (κ3) is 2.71. The number of hydrogen-bond donors (Lipinski definition) is 1. The molecular weight excluding hydrogens is 266 g/mol. The first kappa shape index (κ1) is 13.9. The van der Waals surface area contributed by atoms with Gasteiger partial charge in [-0.3, -0.25) is 4.79 Å². The molecular formula is C17H19NO3. The van der Waals surface area contributed by atoms with E-state index in [-0.39, 0.29) is 29.9 Å². The standard InChI is InChI=1S/C17H19NO3/c1-11-13-9-5-6-10-14(15(13)21-17(11)20)18-16(19)12-7-3-2-4-8-12/h2-4,7-8,13-15H,1,5-6,9-10H2,(H,18,19). The molecule has 1 heterocycles. The lowest BCUT2D eigenvalue weighted by atomic mass is 9.90. The van der Waals surface area contributed by atoms with E-state index in [4.69, 9.17) is 4.74 Å². The monoisotopic (exact) mass is 285 g/mol. The SMILES string of the molecule is C=C1C(=O)OC2C(NC(=O)c3ccccc3)CCCCC12. The van der Waals surface area contributed by atoms with Gasteiger partial charge >= 0.3 is 5.97 Å². The Kier molecular flexibility index (Phi) is 3.78. The van der Waals surface area contributed by atoms with Crippen molar-refractivity contribution in [3.63, 3.8) is 0 Å². The summed E-state index contributed by atoms with van der Waals surface area (Å²) in [6, 6.07) is 8.98. The van der Waals surface area contributed by atoms with Gasteiger partial charge in [0.15, 0.2) is 0 Å². The molecule has 1 amide bonds. The summed E-state index contributed by atoms with van der Waals surface area (Å²) in [6.45, 7) is 3.85. The van der Waals surface area contributed by atoms with Crippen molar-refractivity contribution in [1.82, 2.24) is 5.32 Å². The van der Waals surface area contributed by atoms with Gasteiger partial charge in [-0.25, -0.2) is 4.79 Å². The van der Waals surface area contributed by atoms with Gasteiger partial charge < -0.3 is 10.1 Å². The first-order valence-corrected chi connectivity index (χ1v) is 7.42. The lowest BCUT2D eigenvalue weighted by Crippen LogP contribution is -2.45. The third-order valence-corrected chi connectivity index (χ3v) is 4.38. The summed E-state index contributed by atoms with van der Waals surface area (Å²) in [4.78, 5) is 24.0. The largest absolute Gasteiger partial charge is 0.456 e. The van der Waals surface area contributed by atoms with Crippen molar-refractivity contribution in [1.29, 1.82) is 0 Å². The summed E-state index contributed by atoms with van der Waals surface area (Å²) in [5, 5.41) is 3.03. The molecule has 21 heavy (non-hydrogen) atoms. The van der Waals surface area contributed by atoms with Gasteiger partial charge in [-0.2, -0.15) is 0 Å². The lowest BCUT2D eigenvalue weighted by Gasteiger charge is -2.25. The van der Waals surface area contributed by atoms with Crippen LogP contribution in [0.25, 0.3) is 0 Å². The van der Waals surface area contributed by atoms with Crippen LogP contribution >= 0.6 is 0 Å². The van der Waals surface area contributed by atoms with Crippen molar-refractivity contribution < 1.29 is 14.3 Å². The first-order valence-electron chi connectivity index (χ1n) is 7.42. The molecule has 2 fully saturated rings. The minimum atomic E-state index is -0.314. The highest BCUT2D eigenvalue weighted by molar-refractivity contribution is 5.94. The molecule has 1 saturated heterocycles. The fourth-order valence-corrected chi connectivity index (χ4v) is 3.22. The Morgan fingerprint density at radius 1 is 1.19 bits per heavy atom. The molecule has 1 N–H and O–H groups in total. The van der Waals surface area contributed by atoms with Crippen LogP contribution in [0, 0.1) is 5.92 Å². The average molecular weight is 285 g/mol. The quantitative estimate of drug-likeness (QED) is 0.671. The first-order chi connectivity index (χ1) is 10.2. The zero-order valence-corrected chi connectivity index (χ0v) is 11.9. The molecule has 3 atom stereocenters. The van der Waals surface area contributed by atoms with Crippen molar-refractivity contribution in [2.45, 2.75) is 37.8 Å². The zero-order chi connectivity index (χ0) is 14.8. The molecule has 3 unspecified atom stereocenters. The van der Waals surface area contributed by atoms with Crippen LogP contribution in [0.1, 0.15) is 36.0 Å². The fraction of sp³-hybridized carbons (Fsp3) is 0.412. The van der Waals surface area contributed by atoms with E-state index in [9.17, 15) is 9.59 Å². The molecule has 0 radical (unpaired) electrons. The smallest absolute Gasteiger partial charge is 0.334 e. The van der Waals surface area contributed by atoms with Crippen molar-refractivity contribution in [2.75, 3.05) is 0 Å². The molecule has 1 aromatic rings. The van der Waals surface area contributed by atoms with Crippen molar-refractivity contribution in [3.8, 4) is 0 Å². The normalized spacial score (nSPS) is 28.5. The molecule has 1 aliphatic carbocycles. The Hall–Kier alpha value is -2.10. The molecule has 1 aliphatic heterocycles. The predicted molar refractivity (Wildman–Crippen MR) is 78.7 cm³/mol. The number of nitrogens with one attached hydrogen (secondary N) is 1.